The Hall–Kier alpha value is -4.21. The third-order valence-electron chi connectivity index (χ3n) is 6.27. The maximum Gasteiger partial charge on any atom is 0.490 e. The number of anilines is 1. The lowest BCUT2D eigenvalue weighted by molar-refractivity contribution is -0.192. The summed E-state index contributed by atoms with van der Waals surface area (Å²) < 4.78 is 66.8. The fourth-order valence-electron chi connectivity index (χ4n) is 4.03. The molecule has 1 aliphatic rings. The molecule has 0 amide bonds. The number of alkyl halides is 3. The Morgan fingerprint density at radius 1 is 1.12 bits per heavy atom. The molecule has 0 radical (unpaired) electrons. The lowest BCUT2D eigenvalue weighted by Crippen LogP contribution is -2.38. The Labute approximate surface area is 239 Å². The van der Waals surface area contributed by atoms with E-state index in [0.717, 1.165) is 49.7 Å². The van der Waals surface area contributed by atoms with Gasteiger partial charge in [0.05, 0.1) is 34.7 Å². The average Bonchev–Trinajstić information content (AvgIpc) is 3.37. The first-order valence-corrected chi connectivity index (χ1v) is 14.5. The molecule has 4 N–H and O–H groups in total. The lowest BCUT2D eigenvalue weighted by atomic mass is 10.1. The molecule has 3 heterocycles. The van der Waals surface area contributed by atoms with Crippen LogP contribution in [0.4, 0.5) is 19.0 Å². The van der Waals surface area contributed by atoms with E-state index in [0.29, 0.717) is 34.8 Å². The van der Waals surface area contributed by atoms with Gasteiger partial charge >= 0.3 is 12.1 Å². The van der Waals surface area contributed by atoms with Gasteiger partial charge in [-0.05, 0) is 42.0 Å². The summed E-state index contributed by atoms with van der Waals surface area (Å²) in [4.78, 5) is 23.6. The highest BCUT2D eigenvalue weighted by atomic mass is 32.2. The lowest BCUT2D eigenvalue weighted by Gasteiger charge is -2.26. The van der Waals surface area contributed by atoms with Gasteiger partial charge in [-0.2, -0.15) is 13.2 Å². The number of halogens is 3. The van der Waals surface area contributed by atoms with Crippen molar-refractivity contribution < 1.29 is 41.0 Å². The van der Waals surface area contributed by atoms with Crippen LogP contribution < -0.4 is 10.5 Å². The molecule has 5 rings (SSSR count). The number of benzene rings is 2. The Bertz CT molecular complexity index is 1650. The van der Waals surface area contributed by atoms with Crippen molar-refractivity contribution in [2.75, 3.05) is 51.4 Å². The number of aromatic amines is 1. The van der Waals surface area contributed by atoms with Crippen molar-refractivity contribution in [2.24, 2.45) is 0 Å². The van der Waals surface area contributed by atoms with Crippen molar-refractivity contribution in [2.45, 2.75) is 11.1 Å². The number of nitrogens with one attached hydrogen (secondary N) is 1. The number of hydrogen-bond acceptors (Lipinski definition) is 9. The first kappa shape index (κ1) is 30.7. The largest absolute Gasteiger partial charge is 0.492 e. The fraction of sp³-hybridized carbons (Fsp3) is 0.296. The van der Waals surface area contributed by atoms with Crippen LogP contribution in [0.5, 0.6) is 5.75 Å². The van der Waals surface area contributed by atoms with E-state index in [1.807, 2.05) is 30.3 Å². The van der Waals surface area contributed by atoms with Crippen LogP contribution in [-0.4, -0.2) is 91.2 Å². The van der Waals surface area contributed by atoms with E-state index in [-0.39, 0.29) is 4.90 Å². The number of aromatic nitrogens is 3. The predicted molar refractivity (Wildman–Crippen MR) is 149 cm³/mol. The highest BCUT2D eigenvalue weighted by molar-refractivity contribution is 7.90. The van der Waals surface area contributed by atoms with Crippen LogP contribution >= 0.6 is 0 Å². The number of ether oxygens (including phenoxy) is 2. The van der Waals surface area contributed by atoms with E-state index in [1.54, 1.807) is 24.4 Å². The summed E-state index contributed by atoms with van der Waals surface area (Å²) in [6.45, 7) is 4.95. The summed E-state index contributed by atoms with van der Waals surface area (Å²) >= 11 is 0. The molecule has 0 aliphatic carbocycles. The number of sulfone groups is 1. The summed E-state index contributed by atoms with van der Waals surface area (Å²) in [6, 6.07) is 14.6. The summed E-state index contributed by atoms with van der Waals surface area (Å²) in [5.74, 6) is -1.09. The average molecular weight is 608 g/mol. The van der Waals surface area contributed by atoms with Gasteiger partial charge in [0.15, 0.2) is 9.84 Å². The number of H-pyrrole nitrogens is 1. The van der Waals surface area contributed by atoms with E-state index in [2.05, 4.69) is 19.9 Å². The van der Waals surface area contributed by atoms with Crippen LogP contribution in [0, 0.1) is 0 Å². The number of imidazole rings is 1. The maximum absolute atomic E-state index is 11.9. The molecule has 2 aromatic carbocycles. The number of hydrogen-bond donors (Lipinski definition) is 3. The minimum atomic E-state index is -5.08. The molecule has 0 bridgehead atoms. The molecule has 0 atom stereocenters. The highest BCUT2D eigenvalue weighted by Gasteiger charge is 2.38. The molecule has 1 fully saturated rings. The van der Waals surface area contributed by atoms with Crippen LogP contribution in [-0.2, 0) is 19.4 Å². The van der Waals surface area contributed by atoms with Gasteiger partial charge in [0, 0.05) is 37.7 Å². The zero-order valence-corrected chi connectivity index (χ0v) is 23.2. The molecule has 42 heavy (non-hydrogen) atoms. The summed E-state index contributed by atoms with van der Waals surface area (Å²) in [5, 5.41) is 7.12. The molecular weight excluding hydrogens is 579 g/mol. The van der Waals surface area contributed by atoms with E-state index >= 15 is 0 Å². The molecule has 224 valence electrons. The minimum absolute atomic E-state index is 0.229. The van der Waals surface area contributed by atoms with Gasteiger partial charge in [0.2, 0.25) is 0 Å². The summed E-state index contributed by atoms with van der Waals surface area (Å²) in [7, 11) is -3.32. The van der Waals surface area contributed by atoms with Gasteiger partial charge in [-0.1, -0.05) is 12.1 Å². The standard InChI is InChI=1S/C25H27N5O4S.C2HF3O2/c1-35(31,32)20-6-7-22-23(15-20)29-25(28-22)21-14-18(16-27-24(21)26)17-2-4-19(5-3-17)34-13-10-30-8-11-33-12-9-30;3-2(4,5)1(6)7/h2-7,14-16H,8-13H2,1H3,(H2,26,27)(H,28,29);(H,6,7). The van der Waals surface area contributed by atoms with Crippen LogP contribution in [0.25, 0.3) is 33.5 Å². The topological polar surface area (TPSA) is 161 Å². The smallest absolute Gasteiger partial charge is 0.490 e. The summed E-state index contributed by atoms with van der Waals surface area (Å²) in [5.41, 5.74) is 9.92. The number of rotatable bonds is 7. The molecule has 15 heteroatoms. The minimum Gasteiger partial charge on any atom is -0.492 e. The second kappa shape index (κ2) is 12.8. The predicted octanol–water partition coefficient (Wildman–Crippen LogP) is 3.62. The number of nitrogens with zero attached hydrogens (tertiary/aromatic N) is 3. The third-order valence-corrected chi connectivity index (χ3v) is 7.38. The van der Waals surface area contributed by atoms with Gasteiger partial charge < -0.3 is 25.3 Å². The molecule has 0 spiro atoms. The van der Waals surface area contributed by atoms with E-state index in [4.69, 9.17) is 25.1 Å². The van der Waals surface area contributed by atoms with Crippen LogP contribution in [0.15, 0.2) is 59.6 Å². The molecular formula is C27H28F3N5O6S. The quantitative estimate of drug-likeness (QED) is 0.283. The number of carbonyl (C=O) groups is 1. The summed E-state index contributed by atoms with van der Waals surface area (Å²) in [6.07, 6.45) is -2.19. The third kappa shape index (κ3) is 7.96. The molecule has 11 nitrogen and oxygen atoms in total. The fourth-order valence-corrected chi connectivity index (χ4v) is 4.68. The van der Waals surface area contributed by atoms with Crippen molar-refractivity contribution >= 4 is 32.7 Å². The van der Waals surface area contributed by atoms with Crippen LogP contribution in [0.2, 0.25) is 0 Å². The molecule has 1 saturated heterocycles. The molecule has 4 aromatic rings. The first-order chi connectivity index (χ1) is 19.8. The Morgan fingerprint density at radius 2 is 1.79 bits per heavy atom. The number of pyridine rings is 1. The number of fused-ring (bicyclic) bond motifs is 1. The van der Waals surface area contributed by atoms with Crippen molar-refractivity contribution in [1.82, 2.24) is 19.9 Å². The SMILES string of the molecule is CS(=O)(=O)c1ccc2nc(-c3cc(-c4ccc(OCCN5CCOCC5)cc4)cnc3N)[nH]c2c1.O=C(O)C(F)(F)F. The van der Waals surface area contributed by atoms with Gasteiger partial charge in [-0.15, -0.1) is 0 Å². The van der Waals surface area contributed by atoms with Gasteiger partial charge in [0.25, 0.3) is 0 Å². The Morgan fingerprint density at radius 3 is 2.40 bits per heavy atom. The molecule has 0 unspecified atom stereocenters. The van der Waals surface area contributed by atoms with Crippen molar-refractivity contribution in [1.29, 1.82) is 0 Å². The molecule has 1 aliphatic heterocycles. The monoisotopic (exact) mass is 607 g/mol. The number of aliphatic carboxylic acids is 1. The second-order valence-corrected chi connectivity index (χ2v) is 11.3. The van der Waals surface area contributed by atoms with Crippen molar-refractivity contribution in [3.8, 4) is 28.3 Å². The van der Waals surface area contributed by atoms with Crippen molar-refractivity contribution in [3.05, 3.63) is 54.7 Å². The maximum atomic E-state index is 11.9. The Kier molecular flexibility index (Phi) is 9.33. The number of carboxylic acids is 1. The zero-order chi connectivity index (χ0) is 30.5. The Balaban J connectivity index is 0.000000517. The number of nitrogens with two attached hydrogens (primary N) is 1. The van der Waals surface area contributed by atoms with Crippen molar-refractivity contribution in [3.63, 3.8) is 0 Å². The zero-order valence-electron chi connectivity index (χ0n) is 22.4. The van der Waals surface area contributed by atoms with E-state index in [9.17, 15) is 21.6 Å². The first-order valence-electron chi connectivity index (χ1n) is 12.6. The van der Waals surface area contributed by atoms with Gasteiger partial charge in [0.1, 0.15) is 24.0 Å². The molecule has 2 aromatic heterocycles. The van der Waals surface area contributed by atoms with Gasteiger partial charge in [-0.25, -0.2) is 23.2 Å². The normalized spacial score (nSPS) is 14.3. The second-order valence-electron chi connectivity index (χ2n) is 9.32. The van der Waals surface area contributed by atoms with E-state index in [1.165, 1.54) is 6.26 Å². The highest BCUT2D eigenvalue weighted by Crippen LogP contribution is 2.30. The van der Waals surface area contributed by atoms with E-state index < -0.39 is 22.0 Å². The number of nitrogen functional groups attached to an aromatic ring is 1. The van der Waals surface area contributed by atoms with Gasteiger partial charge in [-0.3, -0.25) is 4.90 Å². The number of carboxylic acid groups (broad SMARTS) is 1. The van der Waals surface area contributed by atoms with Crippen LogP contribution in [0.1, 0.15) is 0 Å². The molecule has 0 saturated carbocycles. The number of morpholine rings is 1. The van der Waals surface area contributed by atoms with Crippen LogP contribution in [0.3, 0.4) is 0 Å².